The molecular formula is C24H26ClF3N4O3. The maximum absolute atomic E-state index is 13.3. The van der Waals surface area contributed by atoms with Gasteiger partial charge in [-0.05, 0) is 57.2 Å². The fourth-order valence-electron chi connectivity index (χ4n) is 2.94. The van der Waals surface area contributed by atoms with Gasteiger partial charge in [-0.25, -0.2) is 4.68 Å². The first-order valence-corrected chi connectivity index (χ1v) is 11.4. The Hall–Kier alpha value is -3.11. The van der Waals surface area contributed by atoms with Crippen molar-refractivity contribution in [2.24, 2.45) is 5.41 Å². The van der Waals surface area contributed by atoms with E-state index in [0.717, 1.165) is 12.1 Å². The van der Waals surface area contributed by atoms with E-state index in [1.54, 1.807) is 38.1 Å². The first-order valence-electron chi connectivity index (χ1n) is 10.9. The van der Waals surface area contributed by atoms with Gasteiger partial charge in [0.05, 0.1) is 23.3 Å². The maximum Gasteiger partial charge on any atom is 0.416 e. The van der Waals surface area contributed by atoms with Gasteiger partial charge in [0, 0.05) is 23.7 Å². The van der Waals surface area contributed by atoms with Crippen molar-refractivity contribution >= 4 is 23.2 Å². The highest BCUT2D eigenvalue weighted by atomic mass is 35.5. The van der Waals surface area contributed by atoms with E-state index in [9.17, 15) is 18.0 Å². The Morgan fingerprint density at radius 2 is 1.83 bits per heavy atom. The molecule has 0 aliphatic rings. The number of hydrogen-bond donors (Lipinski definition) is 1. The zero-order valence-corrected chi connectivity index (χ0v) is 20.3. The molecule has 0 unspecified atom stereocenters. The van der Waals surface area contributed by atoms with Gasteiger partial charge >= 0.3 is 12.2 Å². The predicted molar refractivity (Wildman–Crippen MR) is 127 cm³/mol. The van der Waals surface area contributed by atoms with Crippen LogP contribution in [0.15, 0.2) is 48.5 Å². The van der Waals surface area contributed by atoms with Crippen molar-refractivity contribution < 1.29 is 27.4 Å². The lowest BCUT2D eigenvalue weighted by Gasteiger charge is -2.20. The van der Waals surface area contributed by atoms with E-state index in [1.807, 2.05) is 6.92 Å². The number of alkyl halides is 4. The molecule has 35 heavy (non-hydrogen) atoms. The minimum absolute atomic E-state index is 0.00152. The van der Waals surface area contributed by atoms with Crippen molar-refractivity contribution in [1.29, 1.82) is 0 Å². The third kappa shape index (κ3) is 6.73. The highest BCUT2D eigenvalue weighted by molar-refractivity contribution is 6.20. The van der Waals surface area contributed by atoms with E-state index >= 15 is 0 Å². The molecule has 11 heteroatoms. The van der Waals surface area contributed by atoms with Gasteiger partial charge in [0.15, 0.2) is 5.82 Å². The molecule has 7 nitrogen and oxygen atoms in total. The molecule has 0 saturated heterocycles. The van der Waals surface area contributed by atoms with Gasteiger partial charge < -0.3 is 14.8 Å². The Bertz CT molecular complexity index is 1150. The van der Waals surface area contributed by atoms with Crippen molar-refractivity contribution in [3.8, 4) is 23.1 Å². The number of hydrogen-bond acceptors (Lipinski definition) is 5. The van der Waals surface area contributed by atoms with Crippen molar-refractivity contribution in [2.45, 2.75) is 26.9 Å². The molecule has 0 aliphatic carbocycles. The van der Waals surface area contributed by atoms with Crippen LogP contribution >= 0.6 is 11.6 Å². The van der Waals surface area contributed by atoms with Crippen molar-refractivity contribution in [3.63, 3.8) is 0 Å². The van der Waals surface area contributed by atoms with E-state index in [0.29, 0.717) is 24.6 Å². The maximum atomic E-state index is 13.3. The van der Waals surface area contributed by atoms with E-state index < -0.39 is 17.2 Å². The lowest BCUT2D eigenvalue weighted by Crippen LogP contribution is -2.32. The van der Waals surface area contributed by atoms with E-state index in [4.69, 9.17) is 21.1 Å². The zero-order valence-electron chi connectivity index (χ0n) is 19.5. The summed E-state index contributed by atoms with van der Waals surface area (Å²) < 4.78 is 52.0. The second-order valence-electron chi connectivity index (χ2n) is 8.27. The number of nitrogens with one attached hydrogen (secondary N) is 1. The van der Waals surface area contributed by atoms with E-state index in [-0.39, 0.29) is 35.8 Å². The molecule has 0 saturated carbocycles. The lowest BCUT2D eigenvalue weighted by atomic mass is 9.95. The molecule has 0 radical (unpaired) electrons. The topological polar surface area (TPSA) is 78.3 Å². The van der Waals surface area contributed by atoms with Gasteiger partial charge in [-0.15, -0.1) is 16.7 Å². The number of aromatic nitrogens is 3. The van der Waals surface area contributed by atoms with Crippen molar-refractivity contribution in [2.75, 3.05) is 31.0 Å². The summed E-state index contributed by atoms with van der Waals surface area (Å²) in [5.74, 6) is 0.0840. The zero-order chi connectivity index (χ0) is 25.6. The number of amides is 1. The second-order valence-corrected chi connectivity index (χ2v) is 8.54. The average molecular weight is 511 g/mol. The van der Waals surface area contributed by atoms with Gasteiger partial charge in [-0.1, -0.05) is 12.1 Å². The summed E-state index contributed by atoms with van der Waals surface area (Å²) in [4.78, 5) is 16.7. The minimum atomic E-state index is -4.51. The number of halogens is 4. The molecular weight excluding hydrogens is 485 g/mol. The molecule has 2 aromatic carbocycles. The fourth-order valence-corrected chi connectivity index (χ4v) is 3.06. The van der Waals surface area contributed by atoms with Crippen LogP contribution in [-0.4, -0.2) is 46.4 Å². The molecule has 188 valence electrons. The van der Waals surface area contributed by atoms with E-state index in [1.165, 1.54) is 16.8 Å². The monoisotopic (exact) mass is 510 g/mol. The van der Waals surface area contributed by atoms with E-state index in [2.05, 4.69) is 15.4 Å². The molecule has 0 spiro atoms. The number of anilines is 1. The molecule has 1 aromatic heterocycles. The summed E-state index contributed by atoms with van der Waals surface area (Å²) in [5, 5.41) is 7.13. The summed E-state index contributed by atoms with van der Waals surface area (Å²) in [6.07, 6.45) is -4.51. The van der Waals surface area contributed by atoms with Gasteiger partial charge in [0.2, 0.25) is 5.91 Å². The predicted octanol–water partition coefficient (Wildman–Crippen LogP) is 5.57. The molecule has 1 N–H and O–H groups in total. The summed E-state index contributed by atoms with van der Waals surface area (Å²) >= 11 is 5.86. The van der Waals surface area contributed by atoms with Crippen molar-refractivity contribution in [1.82, 2.24) is 14.8 Å². The fraction of sp³-hybridized carbons (Fsp3) is 0.375. The van der Waals surface area contributed by atoms with Crippen LogP contribution in [0.3, 0.4) is 0 Å². The van der Waals surface area contributed by atoms with Crippen LogP contribution < -0.4 is 10.1 Å². The summed E-state index contributed by atoms with van der Waals surface area (Å²) in [7, 11) is 0. The molecule has 0 fully saturated rings. The Morgan fingerprint density at radius 3 is 2.46 bits per heavy atom. The molecule has 0 aliphatic heterocycles. The highest BCUT2D eigenvalue weighted by Crippen LogP contribution is 2.33. The normalized spacial score (nSPS) is 12.0. The van der Waals surface area contributed by atoms with Crippen LogP contribution in [0.1, 0.15) is 26.3 Å². The first-order chi connectivity index (χ1) is 16.5. The minimum Gasteiger partial charge on any atom is -0.460 e. The number of carbonyl (C=O) groups is 1. The SMILES string of the molecule is CCOCCOc1nc(-c2cccc(C(F)(F)F)c2)n(-c2ccc(NC(=O)C(C)(C)CCl)cc2)n1. The van der Waals surface area contributed by atoms with Gasteiger partial charge in [-0.3, -0.25) is 4.79 Å². The van der Waals surface area contributed by atoms with Crippen LogP contribution in [0, 0.1) is 5.41 Å². The van der Waals surface area contributed by atoms with Crippen molar-refractivity contribution in [3.05, 3.63) is 54.1 Å². The van der Waals surface area contributed by atoms with Crippen LogP contribution in [0.25, 0.3) is 17.1 Å². The van der Waals surface area contributed by atoms with Gasteiger partial charge in [0.1, 0.15) is 6.61 Å². The van der Waals surface area contributed by atoms with Crippen LogP contribution in [0.4, 0.5) is 18.9 Å². The van der Waals surface area contributed by atoms with Crippen LogP contribution in [-0.2, 0) is 15.7 Å². The van der Waals surface area contributed by atoms with Crippen LogP contribution in [0.5, 0.6) is 6.01 Å². The molecule has 0 atom stereocenters. The smallest absolute Gasteiger partial charge is 0.416 e. The Morgan fingerprint density at radius 1 is 1.11 bits per heavy atom. The lowest BCUT2D eigenvalue weighted by molar-refractivity contribution is -0.137. The number of carbonyl (C=O) groups excluding carboxylic acids is 1. The third-order valence-corrected chi connectivity index (χ3v) is 5.69. The van der Waals surface area contributed by atoms with Crippen LogP contribution in [0.2, 0.25) is 0 Å². The molecule has 1 amide bonds. The number of benzene rings is 2. The Kier molecular flexibility index (Phi) is 8.39. The summed E-state index contributed by atoms with van der Waals surface area (Å²) in [6, 6.07) is 11.5. The third-order valence-electron chi connectivity index (χ3n) is 5.02. The summed E-state index contributed by atoms with van der Waals surface area (Å²) in [5.41, 5.74) is -0.294. The molecule has 3 rings (SSSR count). The highest BCUT2D eigenvalue weighted by Gasteiger charge is 2.31. The second kappa shape index (κ2) is 11.1. The number of nitrogens with zero attached hydrogens (tertiary/aromatic N) is 3. The average Bonchev–Trinajstić information content (AvgIpc) is 3.26. The number of ether oxygens (including phenoxy) is 2. The summed E-state index contributed by atoms with van der Waals surface area (Å²) in [6.45, 7) is 6.33. The largest absolute Gasteiger partial charge is 0.460 e. The number of rotatable bonds is 10. The first kappa shape index (κ1) is 26.5. The molecule has 0 bridgehead atoms. The molecule has 1 heterocycles. The Balaban J connectivity index is 1.94. The van der Waals surface area contributed by atoms with Gasteiger partial charge in [-0.2, -0.15) is 18.2 Å². The quantitative estimate of drug-likeness (QED) is 0.285. The molecule has 3 aromatic rings. The van der Waals surface area contributed by atoms with Gasteiger partial charge in [0.25, 0.3) is 0 Å². The Labute approximate surface area is 206 Å². The standard InChI is InChI=1S/C24H26ClF3N4O3/c1-4-34-12-13-35-22-30-20(16-6-5-7-17(14-16)24(26,27)28)32(31-22)19-10-8-18(9-11-19)29-21(33)23(2,3)15-25/h5-11,14H,4,12-13,15H2,1-3H3,(H,29,33).